The topological polar surface area (TPSA) is 54.7 Å². The first-order chi connectivity index (χ1) is 6.68. The highest BCUT2D eigenvalue weighted by atomic mass is 15.1. The lowest BCUT2D eigenvalue weighted by atomic mass is 10.0. The van der Waals surface area contributed by atoms with Crippen LogP contribution in [0.15, 0.2) is 24.4 Å². The molecule has 0 unspecified atom stereocenters. The average molecular weight is 187 g/mol. The van der Waals surface area contributed by atoms with E-state index in [0.717, 1.165) is 11.3 Å². The van der Waals surface area contributed by atoms with Crippen LogP contribution in [-0.2, 0) is 0 Å². The lowest BCUT2D eigenvalue weighted by Crippen LogP contribution is -1.88. The summed E-state index contributed by atoms with van der Waals surface area (Å²) in [4.78, 5) is 0. The van der Waals surface area contributed by atoms with Crippen LogP contribution in [0.25, 0.3) is 11.3 Å². The molecule has 3 N–H and O–H groups in total. The fraction of sp³-hybridized carbons (Fsp3) is 0.182. The van der Waals surface area contributed by atoms with Crippen molar-refractivity contribution in [1.29, 1.82) is 0 Å². The maximum absolute atomic E-state index is 5.77. The van der Waals surface area contributed by atoms with E-state index in [0.29, 0.717) is 5.69 Å². The van der Waals surface area contributed by atoms with Crippen molar-refractivity contribution in [2.45, 2.75) is 13.8 Å². The standard InChI is InChI=1S/C11H13N3/c1-7-3-4-9(5-8(7)2)11-10(12)6-13-14-11/h3-6H,12H2,1-2H3,(H,13,14). The zero-order chi connectivity index (χ0) is 10.1. The van der Waals surface area contributed by atoms with Gasteiger partial charge in [-0.2, -0.15) is 5.10 Å². The van der Waals surface area contributed by atoms with E-state index >= 15 is 0 Å². The third kappa shape index (κ3) is 1.37. The molecule has 0 aliphatic carbocycles. The molecule has 0 atom stereocenters. The molecule has 1 heterocycles. The number of aryl methyl sites for hydroxylation is 2. The smallest absolute Gasteiger partial charge is 0.0880 e. The molecule has 3 heteroatoms. The molecule has 72 valence electrons. The third-order valence-corrected chi connectivity index (χ3v) is 2.46. The van der Waals surface area contributed by atoms with Gasteiger partial charge in [0.1, 0.15) is 0 Å². The highest BCUT2D eigenvalue weighted by Crippen LogP contribution is 2.24. The van der Waals surface area contributed by atoms with Gasteiger partial charge in [0.25, 0.3) is 0 Å². The molecule has 0 bridgehead atoms. The molecule has 1 aromatic carbocycles. The highest BCUT2D eigenvalue weighted by molar-refractivity contribution is 5.72. The zero-order valence-electron chi connectivity index (χ0n) is 8.33. The molecule has 3 nitrogen and oxygen atoms in total. The molecule has 0 saturated heterocycles. The molecule has 14 heavy (non-hydrogen) atoms. The first kappa shape index (κ1) is 8.81. The quantitative estimate of drug-likeness (QED) is 0.719. The molecule has 0 amide bonds. The van der Waals surface area contributed by atoms with Gasteiger partial charge in [0.05, 0.1) is 17.6 Å². The van der Waals surface area contributed by atoms with Crippen LogP contribution in [0.5, 0.6) is 0 Å². The van der Waals surface area contributed by atoms with Gasteiger partial charge in [-0.1, -0.05) is 12.1 Å². The summed E-state index contributed by atoms with van der Waals surface area (Å²) in [7, 11) is 0. The minimum atomic E-state index is 0.688. The van der Waals surface area contributed by atoms with Crippen LogP contribution >= 0.6 is 0 Å². The number of anilines is 1. The molecule has 0 aliphatic rings. The van der Waals surface area contributed by atoms with Crippen LogP contribution < -0.4 is 5.73 Å². The van der Waals surface area contributed by atoms with Crippen molar-refractivity contribution in [1.82, 2.24) is 10.2 Å². The van der Waals surface area contributed by atoms with Crippen LogP contribution in [-0.4, -0.2) is 10.2 Å². The van der Waals surface area contributed by atoms with E-state index in [-0.39, 0.29) is 0 Å². The molecule has 0 spiro atoms. The summed E-state index contributed by atoms with van der Waals surface area (Å²) in [5.41, 5.74) is 11.0. The van der Waals surface area contributed by atoms with Crippen molar-refractivity contribution < 1.29 is 0 Å². The fourth-order valence-electron chi connectivity index (χ4n) is 1.42. The van der Waals surface area contributed by atoms with E-state index in [2.05, 4.69) is 36.2 Å². The number of nitrogens with two attached hydrogens (primary N) is 1. The summed E-state index contributed by atoms with van der Waals surface area (Å²) >= 11 is 0. The Labute approximate surface area is 83.0 Å². The molecule has 2 rings (SSSR count). The van der Waals surface area contributed by atoms with Crippen LogP contribution in [0.1, 0.15) is 11.1 Å². The van der Waals surface area contributed by atoms with E-state index in [1.54, 1.807) is 6.20 Å². The van der Waals surface area contributed by atoms with Gasteiger partial charge in [-0.3, -0.25) is 5.10 Å². The SMILES string of the molecule is Cc1ccc(-c2[nH]ncc2N)cc1C. The minimum absolute atomic E-state index is 0.688. The number of rotatable bonds is 1. The second kappa shape index (κ2) is 3.18. The van der Waals surface area contributed by atoms with Crippen molar-refractivity contribution >= 4 is 5.69 Å². The van der Waals surface area contributed by atoms with Gasteiger partial charge in [0, 0.05) is 5.56 Å². The van der Waals surface area contributed by atoms with Gasteiger partial charge >= 0.3 is 0 Å². The molecule has 1 aromatic heterocycles. The predicted octanol–water partition coefficient (Wildman–Crippen LogP) is 2.28. The van der Waals surface area contributed by atoms with Crippen LogP contribution in [0.2, 0.25) is 0 Å². The third-order valence-electron chi connectivity index (χ3n) is 2.46. The van der Waals surface area contributed by atoms with Crippen molar-refractivity contribution in [2.24, 2.45) is 0 Å². The predicted molar refractivity (Wildman–Crippen MR) is 57.9 cm³/mol. The fourth-order valence-corrected chi connectivity index (χ4v) is 1.42. The number of aromatic nitrogens is 2. The van der Waals surface area contributed by atoms with Crippen molar-refractivity contribution in [2.75, 3.05) is 5.73 Å². The molecule has 0 saturated carbocycles. The summed E-state index contributed by atoms with van der Waals surface area (Å²) in [6.45, 7) is 4.18. The van der Waals surface area contributed by atoms with Gasteiger partial charge in [0.2, 0.25) is 0 Å². The number of hydrogen-bond donors (Lipinski definition) is 2. The molecular formula is C11H13N3. The lowest BCUT2D eigenvalue weighted by Gasteiger charge is -2.03. The van der Waals surface area contributed by atoms with E-state index in [4.69, 9.17) is 5.73 Å². The highest BCUT2D eigenvalue weighted by Gasteiger charge is 2.04. The van der Waals surface area contributed by atoms with Gasteiger partial charge in [-0.25, -0.2) is 0 Å². The largest absolute Gasteiger partial charge is 0.396 e. The Balaban J connectivity index is 2.53. The first-order valence-electron chi connectivity index (χ1n) is 4.55. The lowest BCUT2D eigenvalue weighted by molar-refractivity contribution is 1.09. The summed E-state index contributed by atoms with van der Waals surface area (Å²) in [6.07, 6.45) is 1.63. The Hall–Kier alpha value is -1.77. The second-order valence-corrected chi connectivity index (χ2v) is 3.50. The summed E-state index contributed by atoms with van der Waals surface area (Å²) in [5, 5.41) is 6.79. The van der Waals surface area contributed by atoms with Gasteiger partial charge in [-0.15, -0.1) is 0 Å². The van der Waals surface area contributed by atoms with E-state index in [1.807, 2.05) is 6.07 Å². The molecule has 0 aliphatic heterocycles. The number of nitrogens with zero attached hydrogens (tertiary/aromatic N) is 1. The number of H-pyrrole nitrogens is 1. The van der Waals surface area contributed by atoms with E-state index in [9.17, 15) is 0 Å². The zero-order valence-corrected chi connectivity index (χ0v) is 8.33. The molecule has 2 aromatic rings. The van der Waals surface area contributed by atoms with E-state index in [1.165, 1.54) is 11.1 Å². The Kier molecular flexibility index (Phi) is 2.00. The van der Waals surface area contributed by atoms with Gasteiger partial charge < -0.3 is 5.73 Å². The molecule has 0 radical (unpaired) electrons. The van der Waals surface area contributed by atoms with Crippen molar-refractivity contribution in [3.05, 3.63) is 35.5 Å². The maximum Gasteiger partial charge on any atom is 0.0880 e. The number of nitrogen functional groups attached to an aromatic ring is 1. The summed E-state index contributed by atoms with van der Waals surface area (Å²) in [6, 6.07) is 6.25. The van der Waals surface area contributed by atoms with Crippen LogP contribution in [0.3, 0.4) is 0 Å². The number of aromatic amines is 1. The monoisotopic (exact) mass is 187 g/mol. The average Bonchev–Trinajstić information content (AvgIpc) is 2.57. The Bertz CT molecular complexity index is 457. The normalized spacial score (nSPS) is 10.4. The van der Waals surface area contributed by atoms with Crippen molar-refractivity contribution in [3.8, 4) is 11.3 Å². The van der Waals surface area contributed by atoms with Gasteiger partial charge in [-0.05, 0) is 31.0 Å². The second-order valence-electron chi connectivity index (χ2n) is 3.50. The molecule has 0 fully saturated rings. The summed E-state index contributed by atoms with van der Waals surface area (Å²) in [5.74, 6) is 0. The summed E-state index contributed by atoms with van der Waals surface area (Å²) < 4.78 is 0. The minimum Gasteiger partial charge on any atom is -0.396 e. The van der Waals surface area contributed by atoms with Crippen LogP contribution in [0.4, 0.5) is 5.69 Å². The number of hydrogen-bond acceptors (Lipinski definition) is 2. The first-order valence-corrected chi connectivity index (χ1v) is 4.55. The number of nitrogens with one attached hydrogen (secondary N) is 1. The Morgan fingerprint density at radius 2 is 2.00 bits per heavy atom. The molecular weight excluding hydrogens is 174 g/mol. The maximum atomic E-state index is 5.77. The van der Waals surface area contributed by atoms with Crippen molar-refractivity contribution in [3.63, 3.8) is 0 Å². The van der Waals surface area contributed by atoms with E-state index < -0.39 is 0 Å². The Morgan fingerprint density at radius 3 is 2.57 bits per heavy atom. The van der Waals surface area contributed by atoms with Gasteiger partial charge in [0.15, 0.2) is 0 Å². The number of benzene rings is 1. The Morgan fingerprint density at radius 1 is 1.21 bits per heavy atom. The van der Waals surface area contributed by atoms with Crippen LogP contribution in [0, 0.1) is 13.8 Å².